The van der Waals surface area contributed by atoms with Crippen LogP contribution in [0.2, 0.25) is 0 Å². The zero-order chi connectivity index (χ0) is 20.1. The lowest BCUT2D eigenvalue weighted by molar-refractivity contribution is 0.483. The molecule has 3 aromatic carbocycles. The SMILES string of the molecule is CCCCCc1nnc2ccc(-c3ccc(Oc4ccccc4)cc3)cc2c1Br. The predicted octanol–water partition coefficient (Wildman–Crippen LogP) is 7.58. The van der Waals surface area contributed by atoms with Crippen molar-refractivity contribution in [3.63, 3.8) is 0 Å². The second kappa shape index (κ2) is 9.19. The Morgan fingerprint density at radius 3 is 2.28 bits per heavy atom. The molecule has 0 unspecified atom stereocenters. The van der Waals surface area contributed by atoms with Gasteiger partial charge in [-0.15, -0.1) is 0 Å². The van der Waals surface area contributed by atoms with Gasteiger partial charge in [0.15, 0.2) is 0 Å². The summed E-state index contributed by atoms with van der Waals surface area (Å²) < 4.78 is 6.95. The quantitative estimate of drug-likeness (QED) is 0.274. The van der Waals surface area contributed by atoms with E-state index in [2.05, 4.69) is 57.3 Å². The number of benzene rings is 3. The summed E-state index contributed by atoms with van der Waals surface area (Å²) in [6.07, 6.45) is 4.50. The van der Waals surface area contributed by atoms with Gasteiger partial charge in [-0.05, 0) is 76.3 Å². The maximum atomic E-state index is 5.90. The van der Waals surface area contributed by atoms with E-state index in [1.54, 1.807) is 0 Å². The Bertz CT molecular complexity index is 1100. The van der Waals surface area contributed by atoms with E-state index in [0.717, 1.165) is 56.5 Å². The van der Waals surface area contributed by atoms with E-state index in [0.29, 0.717) is 0 Å². The Morgan fingerprint density at radius 2 is 1.52 bits per heavy atom. The van der Waals surface area contributed by atoms with Crippen molar-refractivity contribution in [2.75, 3.05) is 0 Å². The van der Waals surface area contributed by atoms with Crippen LogP contribution >= 0.6 is 15.9 Å². The molecule has 0 spiro atoms. The van der Waals surface area contributed by atoms with Crippen LogP contribution in [0, 0.1) is 0 Å². The number of ether oxygens (including phenoxy) is 1. The Hall–Kier alpha value is -2.72. The first-order valence-electron chi connectivity index (χ1n) is 10.0. The molecular weight excluding hydrogens is 424 g/mol. The predicted molar refractivity (Wildman–Crippen MR) is 122 cm³/mol. The highest BCUT2D eigenvalue weighted by Crippen LogP contribution is 2.31. The van der Waals surface area contributed by atoms with Gasteiger partial charge in [0.2, 0.25) is 0 Å². The molecule has 0 fully saturated rings. The third-order valence-corrected chi connectivity index (χ3v) is 5.83. The van der Waals surface area contributed by atoms with Crippen LogP contribution in [-0.4, -0.2) is 10.2 Å². The van der Waals surface area contributed by atoms with Crippen molar-refractivity contribution in [2.45, 2.75) is 32.6 Å². The molecule has 0 aliphatic carbocycles. The van der Waals surface area contributed by atoms with E-state index in [1.807, 2.05) is 48.5 Å². The zero-order valence-corrected chi connectivity index (χ0v) is 18.0. The molecule has 29 heavy (non-hydrogen) atoms. The van der Waals surface area contributed by atoms with Crippen LogP contribution in [0.5, 0.6) is 11.5 Å². The summed E-state index contributed by atoms with van der Waals surface area (Å²) in [7, 11) is 0. The number of hydrogen-bond donors (Lipinski definition) is 0. The van der Waals surface area contributed by atoms with Crippen molar-refractivity contribution in [2.24, 2.45) is 0 Å². The lowest BCUT2D eigenvalue weighted by Crippen LogP contribution is -1.97. The van der Waals surface area contributed by atoms with Gasteiger partial charge in [-0.3, -0.25) is 0 Å². The number of rotatable bonds is 7. The van der Waals surface area contributed by atoms with Crippen LogP contribution in [0.25, 0.3) is 22.0 Å². The molecule has 1 aromatic heterocycles. The molecule has 0 bridgehead atoms. The molecule has 0 radical (unpaired) electrons. The number of halogens is 1. The maximum Gasteiger partial charge on any atom is 0.127 e. The van der Waals surface area contributed by atoms with E-state index < -0.39 is 0 Å². The highest BCUT2D eigenvalue weighted by molar-refractivity contribution is 9.10. The van der Waals surface area contributed by atoms with Crippen molar-refractivity contribution in [3.05, 3.63) is 83.0 Å². The molecule has 0 N–H and O–H groups in total. The summed E-state index contributed by atoms with van der Waals surface area (Å²) >= 11 is 3.77. The van der Waals surface area contributed by atoms with Gasteiger partial charge < -0.3 is 4.74 Å². The van der Waals surface area contributed by atoms with Gasteiger partial charge in [0, 0.05) is 5.39 Å². The minimum Gasteiger partial charge on any atom is -0.457 e. The first-order valence-corrected chi connectivity index (χ1v) is 10.8. The topological polar surface area (TPSA) is 35.0 Å². The summed E-state index contributed by atoms with van der Waals surface area (Å²) in [6.45, 7) is 2.21. The fourth-order valence-electron chi connectivity index (χ4n) is 3.33. The van der Waals surface area contributed by atoms with Crippen LogP contribution in [-0.2, 0) is 6.42 Å². The highest BCUT2D eigenvalue weighted by Gasteiger charge is 2.10. The van der Waals surface area contributed by atoms with Gasteiger partial charge >= 0.3 is 0 Å². The number of hydrogen-bond acceptors (Lipinski definition) is 3. The van der Waals surface area contributed by atoms with Gasteiger partial charge in [0.05, 0.1) is 15.7 Å². The fraction of sp³-hybridized carbons (Fsp3) is 0.200. The van der Waals surface area contributed by atoms with Crippen molar-refractivity contribution in [3.8, 4) is 22.6 Å². The van der Waals surface area contributed by atoms with Gasteiger partial charge in [0.1, 0.15) is 11.5 Å². The second-order valence-electron chi connectivity index (χ2n) is 7.09. The zero-order valence-electron chi connectivity index (χ0n) is 16.4. The monoisotopic (exact) mass is 446 g/mol. The lowest BCUT2D eigenvalue weighted by atomic mass is 10.0. The molecule has 4 heteroatoms. The first-order chi connectivity index (χ1) is 14.2. The van der Waals surface area contributed by atoms with E-state index >= 15 is 0 Å². The number of unbranched alkanes of at least 4 members (excludes halogenated alkanes) is 2. The summed E-state index contributed by atoms with van der Waals surface area (Å²) in [5.41, 5.74) is 4.24. The van der Waals surface area contributed by atoms with E-state index in [-0.39, 0.29) is 0 Å². The van der Waals surface area contributed by atoms with E-state index in [1.165, 1.54) is 12.8 Å². The molecule has 0 amide bonds. The molecule has 0 aliphatic rings. The summed E-state index contributed by atoms with van der Waals surface area (Å²) in [4.78, 5) is 0. The Morgan fingerprint density at radius 1 is 0.793 bits per heavy atom. The molecular formula is C25H23BrN2O. The Kier molecular flexibility index (Phi) is 6.20. The minimum absolute atomic E-state index is 0.825. The average Bonchev–Trinajstić information content (AvgIpc) is 2.77. The van der Waals surface area contributed by atoms with Crippen LogP contribution in [0.1, 0.15) is 31.9 Å². The number of aromatic nitrogens is 2. The van der Waals surface area contributed by atoms with Crippen molar-refractivity contribution >= 4 is 26.8 Å². The lowest BCUT2D eigenvalue weighted by Gasteiger charge is -2.09. The van der Waals surface area contributed by atoms with Crippen molar-refractivity contribution in [1.82, 2.24) is 10.2 Å². The van der Waals surface area contributed by atoms with Gasteiger partial charge in [-0.25, -0.2) is 0 Å². The second-order valence-corrected chi connectivity index (χ2v) is 7.88. The van der Waals surface area contributed by atoms with Crippen LogP contribution in [0.15, 0.2) is 77.3 Å². The molecule has 0 atom stereocenters. The fourth-order valence-corrected chi connectivity index (χ4v) is 3.93. The molecule has 1 heterocycles. The molecule has 3 nitrogen and oxygen atoms in total. The van der Waals surface area contributed by atoms with E-state index in [9.17, 15) is 0 Å². The molecule has 0 saturated heterocycles. The third kappa shape index (κ3) is 4.65. The summed E-state index contributed by atoms with van der Waals surface area (Å²) in [6, 6.07) is 24.3. The number of fused-ring (bicyclic) bond motifs is 1. The molecule has 4 aromatic rings. The first kappa shape index (κ1) is 19.6. The van der Waals surface area contributed by atoms with Gasteiger partial charge in [-0.2, -0.15) is 10.2 Å². The summed E-state index contributed by atoms with van der Waals surface area (Å²) in [5.74, 6) is 1.66. The average molecular weight is 447 g/mol. The molecule has 4 rings (SSSR count). The molecule has 0 saturated carbocycles. The smallest absolute Gasteiger partial charge is 0.127 e. The molecule has 0 aliphatic heterocycles. The number of para-hydroxylation sites is 1. The Balaban J connectivity index is 1.59. The largest absolute Gasteiger partial charge is 0.457 e. The molecule has 146 valence electrons. The maximum absolute atomic E-state index is 5.90. The van der Waals surface area contributed by atoms with Gasteiger partial charge in [0.25, 0.3) is 0 Å². The highest BCUT2D eigenvalue weighted by atomic mass is 79.9. The van der Waals surface area contributed by atoms with Crippen LogP contribution < -0.4 is 4.74 Å². The Labute approximate surface area is 179 Å². The minimum atomic E-state index is 0.825. The van der Waals surface area contributed by atoms with Gasteiger partial charge in [-0.1, -0.05) is 56.2 Å². The van der Waals surface area contributed by atoms with Crippen LogP contribution in [0.3, 0.4) is 0 Å². The standard InChI is InChI=1S/C25H23BrN2O/c1-2-3-5-10-24-25(26)22-17-19(13-16-23(22)27-28-24)18-11-14-21(15-12-18)29-20-8-6-4-7-9-20/h4,6-9,11-17H,2-3,5,10H2,1H3. The van der Waals surface area contributed by atoms with Crippen LogP contribution in [0.4, 0.5) is 0 Å². The third-order valence-electron chi connectivity index (χ3n) is 4.95. The van der Waals surface area contributed by atoms with Crippen molar-refractivity contribution < 1.29 is 4.74 Å². The van der Waals surface area contributed by atoms with Crippen molar-refractivity contribution in [1.29, 1.82) is 0 Å². The normalized spacial score (nSPS) is 11.0. The number of aryl methyl sites for hydroxylation is 1. The summed E-state index contributed by atoms with van der Waals surface area (Å²) in [5, 5.41) is 9.94. The van der Waals surface area contributed by atoms with E-state index in [4.69, 9.17) is 4.74 Å². The number of nitrogens with zero attached hydrogens (tertiary/aromatic N) is 2.